The molecular weight excluding hydrogens is 460 g/mol. The Morgan fingerprint density at radius 3 is 2.33 bits per heavy atom. The first-order valence-electron chi connectivity index (χ1n) is 13.0. The number of carbonyl (C=O) groups is 1. The summed E-state index contributed by atoms with van der Waals surface area (Å²) in [7, 11) is 0. The van der Waals surface area contributed by atoms with Crippen molar-refractivity contribution in [3.8, 4) is 0 Å². The van der Waals surface area contributed by atoms with Gasteiger partial charge in [0.2, 0.25) is 0 Å². The highest BCUT2D eigenvalue weighted by molar-refractivity contribution is 7.99. The van der Waals surface area contributed by atoms with Gasteiger partial charge >= 0.3 is 0 Å². The van der Waals surface area contributed by atoms with E-state index in [2.05, 4.69) is 93.8 Å². The Kier molecular flexibility index (Phi) is 8.58. The van der Waals surface area contributed by atoms with Crippen molar-refractivity contribution in [1.29, 1.82) is 0 Å². The summed E-state index contributed by atoms with van der Waals surface area (Å²) in [4.78, 5) is 20.1. The van der Waals surface area contributed by atoms with Gasteiger partial charge in [0.25, 0.3) is 5.91 Å². The molecule has 0 N–H and O–H groups in total. The van der Waals surface area contributed by atoms with Gasteiger partial charge in [-0.25, -0.2) is 0 Å². The van der Waals surface area contributed by atoms with Gasteiger partial charge in [-0.05, 0) is 86.2 Å². The van der Waals surface area contributed by atoms with E-state index in [0.29, 0.717) is 0 Å². The molecule has 1 aliphatic rings. The number of hydrogen-bond acceptors (Lipinski definition) is 3. The summed E-state index contributed by atoms with van der Waals surface area (Å²) >= 11 is 1.77. The number of aryl methyl sites for hydroxylation is 3. The molecule has 4 heteroatoms. The van der Waals surface area contributed by atoms with E-state index in [1.165, 1.54) is 44.2 Å². The summed E-state index contributed by atoms with van der Waals surface area (Å²) in [6.07, 6.45) is 3.35. The second kappa shape index (κ2) is 11.8. The summed E-state index contributed by atoms with van der Waals surface area (Å²) in [5.74, 6) is 0.128. The number of allylic oxidation sites excluding steroid dienone is 1. The van der Waals surface area contributed by atoms with Crippen LogP contribution in [0.3, 0.4) is 0 Å². The molecule has 36 heavy (non-hydrogen) atoms. The van der Waals surface area contributed by atoms with Gasteiger partial charge in [0, 0.05) is 47.2 Å². The molecule has 1 saturated heterocycles. The van der Waals surface area contributed by atoms with E-state index in [9.17, 15) is 4.79 Å². The van der Waals surface area contributed by atoms with E-state index in [0.717, 1.165) is 50.1 Å². The maximum Gasteiger partial charge on any atom is 0.253 e. The van der Waals surface area contributed by atoms with Crippen LogP contribution in [-0.2, 0) is 0 Å². The third-order valence-electron chi connectivity index (χ3n) is 7.00. The van der Waals surface area contributed by atoms with E-state index in [4.69, 9.17) is 0 Å². The largest absolute Gasteiger partial charge is 0.368 e. The van der Waals surface area contributed by atoms with Crippen LogP contribution in [0, 0.1) is 20.8 Å². The fourth-order valence-electron chi connectivity index (χ4n) is 4.88. The van der Waals surface area contributed by atoms with Crippen LogP contribution in [0.4, 0.5) is 5.69 Å². The summed E-state index contributed by atoms with van der Waals surface area (Å²) in [5, 5.41) is 0. The number of rotatable bonds is 8. The van der Waals surface area contributed by atoms with Crippen LogP contribution in [0.2, 0.25) is 0 Å². The molecule has 0 radical (unpaired) electrons. The van der Waals surface area contributed by atoms with Crippen molar-refractivity contribution >= 4 is 28.9 Å². The van der Waals surface area contributed by atoms with E-state index in [1.54, 1.807) is 11.8 Å². The summed E-state index contributed by atoms with van der Waals surface area (Å²) in [5.41, 5.74) is 8.20. The lowest BCUT2D eigenvalue weighted by molar-refractivity contribution is 0.0746. The normalized spacial score (nSPS) is 13.7. The molecule has 0 spiro atoms. The molecule has 3 aromatic rings. The number of benzene rings is 3. The maximum absolute atomic E-state index is 13.3. The van der Waals surface area contributed by atoms with Gasteiger partial charge in [-0.15, -0.1) is 0 Å². The number of anilines is 1. The summed E-state index contributed by atoms with van der Waals surface area (Å²) < 4.78 is 0. The van der Waals surface area contributed by atoms with Crippen molar-refractivity contribution in [2.75, 3.05) is 31.1 Å². The lowest BCUT2D eigenvalue weighted by Crippen LogP contribution is -2.49. The zero-order chi connectivity index (χ0) is 25.7. The Morgan fingerprint density at radius 1 is 0.889 bits per heavy atom. The molecule has 3 aromatic carbocycles. The molecule has 1 heterocycles. The fourth-order valence-corrected chi connectivity index (χ4v) is 5.94. The van der Waals surface area contributed by atoms with Crippen molar-refractivity contribution in [2.24, 2.45) is 0 Å². The highest BCUT2D eigenvalue weighted by atomic mass is 32.2. The molecule has 0 aromatic heterocycles. The SMILES string of the molecule is C=C(CCCC)c1ccccc1Sc1ccc(C(=O)N2CCN(c3ccc(C)cc3C)CC2)cc1C. The summed E-state index contributed by atoms with van der Waals surface area (Å²) in [6.45, 7) is 16.2. The van der Waals surface area contributed by atoms with Gasteiger partial charge in [-0.2, -0.15) is 0 Å². The second-order valence-electron chi connectivity index (χ2n) is 9.85. The molecule has 1 amide bonds. The average Bonchev–Trinajstić information content (AvgIpc) is 2.88. The first-order valence-corrected chi connectivity index (χ1v) is 13.9. The zero-order valence-electron chi connectivity index (χ0n) is 22.1. The predicted octanol–water partition coefficient (Wildman–Crippen LogP) is 7.93. The van der Waals surface area contributed by atoms with Crippen LogP contribution in [0.25, 0.3) is 5.57 Å². The highest BCUT2D eigenvalue weighted by Gasteiger charge is 2.23. The minimum atomic E-state index is 0.128. The van der Waals surface area contributed by atoms with Crippen LogP contribution in [-0.4, -0.2) is 37.0 Å². The standard InChI is InChI=1S/C32H38N2OS/c1-6-7-10-24(3)28-11-8-9-12-31(28)36-30-16-14-27(22-26(30)5)32(35)34-19-17-33(18-20-34)29-15-13-23(2)21-25(29)4/h8-9,11-16,21-22H,3,6-7,10,17-20H2,1-2,4-5H3. The van der Waals surface area contributed by atoms with Crippen LogP contribution < -0.4 is 4.90 Å². The first-order chi connectivity index (χ1) is 17.4. The van der Waals surface area contributed by atoms with Crippen molar-refractivity contribution < 1.29 is 4.79 Å². The molecule has 4 rings (SSSR count). The van der Waals surface area contributed by atoms with E-state index >= 15 is 0 Å². The number of hydrogen-bond donors (Lipinski definition) is 0. The molecule has 1 aliphatic heterocycles. The Bertz CT molecular complexity index is 1240. The number of unbranched alkanes of at least 4 members (excludes halogenated alkanes) is 1. The van der Waals surface area contributed by atoms with Crippen molar-refractivity contribution in [1.82, 2.24) is 4.90 Å². The Labute approximate surface area is 221 Å². The number of nitrogens with zero attached hydrogens (tertiary/aromatic N) is 2. The minimum Gasteiger partial charge on any atom is -0.368 e. The lowest BCUT2D eigenvalue weighted by Gasteiger charge is -2.37. The third kappa shape index (κ3) is 6.04. The Morgan fingerprint density at radius 2 is 1.64 bits per heavy atom. The molecule has 1 fully saturated rings. The molecule has 0 unspecified atom stereocenters. The molecule has 0 aliphatic carbocycles. The molecule has 3 nitrogen and oxygen atoms in total. The lowest BCUT2D eigenvalue weighted by atomic mass is 10.0. The fraction of sp³-hybridized carbons (Fsp3) is 0.344. The first kappa shape index (κ1) is 26.1. The number of piperazine rings is 1. The predicted molar refractivity (Wildman–Crippen MR) is 154 cm³/mol. The van der Waals surface area contributed by atoms with E-state index < -0.39 is 0 Å². The van der Waals surface area contributed by atoms with Crippen molar-refractivity contribution in [3.63, 3.8) is 0 Å². The Hall–Kier alpha value is -2.98. The van der Waals surface area contributed by atoms with Gasteiger partial charge in [0.1, 0.15) is 0 Å². The zero-order valence-corrected chi connectivity index (χ0v) is 23.0. The number of amides is 1. The molecule has 0 bridgehead atoms. The molecule has 188 valence electrons. The van der Waals surface area contributed by atoms with Crippen LogP contribution in [0.15, 0.2) is 77.0 Å². The van der Waals surface area contributed by atoms with E-state index in [1.807, 2.05) is 11.0 Å². The van der Waals surface area contributed by atoms with Gasteiger partial charge < -0.3 is 9.80 Å². The van der Waals surface area contributed by atoms with Gasteiger partial charge in [0.05, 0.1) is 0 Å². The molecular formula is C32H38N2OS. The quantitative estimate of drug-likeness (QED) is 0.315. The smallest absolute Gasteiger partial charge is 0.253 e. The minimum absolute atomic E-state index is 0.128. The van der Waals surface area contributed by atoms with Crippen molar-refractivity contribution in [2.45, 2.75) is 56.7 Å². The van der Waals surface area contributed by atoms with Crippen LogP contribution in [0.5, 0.6) is 0 Å². The van der Waals surface area contributed by atoms with Crippen LogP contribution in [0.1, 0.15) is 58.8 Å². The monoisotopic (exact) mass is 498 g/mol. The average molecular weight is 499 g/mol. The van der Waals surface area contributed by atoms with Crippen molar-refractivity contribution in [3.05, 3.63) is 95.1 Å². The van der Waals surface area contributed by atoms with Gasteiger partial charge in [-0.1, -0.05) is 67.6 Å². The second-order valence-corrected chi connectivity index (χ2v) is 10.9. The van der Waals surface area contributed by atoms with Gasteiger partial charge in [-0.3, -0.25) is 4.79 Å². The number of carbonyl (C=O) groups excluding carboxylic acids is 1. The maximum atomic E-state index is 13.3. The van der Waals surface area contributed by atoms with E-state index in [-0.39, 0.29) is 5.91 Å². The highest BCUT2D eigenvalue weighted by Crippen LogP contribution is 2.36. The molecule has 0 saturated carbocycles. The van der Waals surface area contributed by atoms with Crippen LogP contribution >= 0.6 is 11.8 Å². The Balaban J connectivity index is 1.42. The topological polar surface area (TPSA) is 23.6 Å². The summed E-state index contributed by atoms with van der Waals surface area (Å²) in [6, 6.07) is 21.3. The molecule has 0 atom stereocenters. The van der Waals surface area contributed by atoms with Gasteiger partial charge in [0.15, 0.2) is 0 Å². The third-order valence-corrected chi connectivity index (χ3v) is 8.26.